The van der Waals surface area contributed by atoms with Gasteiger partial charge in [-0.2, -0.15) is 0 Å². The van der Waals surface area contributed by atoms with E-state index in [9.17, 15) is 14.4 Å². The molecule has 0 saturated carbocycles. The van der Waals surface area contributed by atoms with Gasteiger partial charge in [0.25, 0.3) is 0 Å². The molecule has 0 aromatic carbocycles. The Kier molecular flexibility index (Phi) is 51.0. The number of hydrazine groups is 3. The van der Waals surface area contributed by atoms with Gasteiger partial charge < -0.3 is 74.8 Å². The largest absolute Gasteiger partial charge is 2.00 e. The number of ketones is 3. The van der Waals surface area contributed by atoms with Crippen LogP contribution >= 0.6 is 0 Å². The molecule has 0 aromatic heterocycles. The van der Waals surface area contributed by atoms with Gasteiger partial charge in [-0.3, -0.25) is 14.4 Å². The number of hydrogen-bond donors (Lipinski definition) is 3. The third kappa shape index (κ3) is 44.7. The summed E-state index contributed by atoms with van der Waals surface area (Å²) in [5.74, 6) is -0.187. The zero-order chi connectivity index (χ0) is 51.4. The second kappa shape index (κ2) is 46.1. The number of allylic oxidation sites excluding steroid dienone is 6. The number of carbonyl (C=O) groups is 3. The first-order valence-electron chi connectivity index (χ1n) is 21.7. The predicted molar refractivity (Wildman–Crippen MR) is 267 cm³/mol. The summed E-state index contributed by atoms with van der Waals surface area (Å²) in [6, 6.07) is 0. The van der Waals surface area contributed by atoms with E-state index in [1.165, 1.54) is 79.0 Å². The summed E-state index contributed by atoms with van der Waals surface area (Å²) in [5, 5.41) is 37.1. The Morgan fingerprint density at radius 2 is 0.449 bits per heavy atom. The van der Waals surface area contributed by atoms with E-state index in [0.717, 1.165) is 0 Å². The topological polar surface area (TPSA) is 151 Å². The van der Waals surface area contributed by atoms with Crippen molar-refractivity contribution in [2.45, 2.75) is 102 Å². The Morgan fingerprint density at radius 3 is 0.493 bits per heavy atom. The van der Waals surface area contributed by atoms with Crippen molar-refractivity contribution in [3.8, 4) is 0 Å². The molecule has 0 bridgehead atoms. The maximum absolute atomic E-state index is 10.0. The fourth-order valence-electron chi connectivity index (χ4n) is 4.32. The first-order valence-corrected chi connectivity index (χ1v) is 21.7. The fraction of sp³-hybridized carbons (Fsp3) is 0.438. The first kappa shape index (κ1) is 76.2. The third-order valence-electron chi connectivity index (χ3n) is 6.57. The van der Waals surface area contributed by atoms with Crippen LogP contribution in [0.15, 0.2) is 110 Å². The zero-order valence-corrected chi connectivity index (χ0v) is 50.9. The van der Waals surface area contributed by atoms with E-state index in [2.05, 4.69) is 41.5 Å². The molecule has 402 valence electrons. The molecule has 0 atom stereocenters. The normalized spacial score (nSPS) is 15.7. The van der Waals surface area contributed by atoms with Crippen molar-refractivity contribution in [2.75, 3.05) is 42.3 Å². The number of rotatable bonds is 6. The fourth-order valence-corrected chi connectivity index (χ4v) is 4.32. The van der Waals surface area contributed by atoms with E-state index in [1.54, 1.807) is 0 Å². The monoisotopic (exact) mass is 1510 g/mol. The number of nitrogens with zero attached hydrogens (tertiary/aromatic N) is 12. The van der Waals surface area contributed by atoms with Crippen LogP contribution in [0.4, 0.5) is 0 Å². The Hall–Kier alpha value is -4.27. The number of aliphatic hydroxyl groups excluding tert-OH is 3. The third-order valence-corrected chi connectivity index (χ3v) is 6.57. The van der Waals surface area contributed by atoms with Crippen LogP contribution in [0.25, 0.3) is 0 Å². The minimum Gasteiger partial charge on any atom is -0.512 e. The molecule has 0 amide bonds. The molecule has 21 heteroatoms. The van der Waals surface area contributed by atoms with Gasteiger partial charge in [0.15, 0.2) is 17.3 Å². The maximum atomic E-state index is 10.0. The van der Waals surface area contributed by atoms with Crippen molar-refractivity contribution >= 4 is 17.3 Å². The van der Waals surface area contributed by atoms with E-state index >= 15 is 0 Å². The molecular weight excluding hydrogens is 1430 g/mol. The Labute approximate surface area is 461 Å². The van der Waals surface area contributed by atoms with E-state index in [1.807, 2.05) is 216 Å². The standard InChI is InChI=1S/3C8H12N4.3C5H8O2.3C3H8.3Pt/c3*1-9-3-5-11(7-9)12-6-4-10(2)8-12;3*1-4(6)3-5(2)7;3*1-3-2;;;/h3*3-8H,1-2H3;3*3,6H,1-2H3;3*3H2,1-2H3;;;/q3*-2;;;;;;;3*+2. The molecule has 0 aromatic rings. The molecule has 0 saturated heterocycles. The molecule has 6 heterocycles. The number of hydrogen-bond acceptors (Lipinski definition) is 18. The molecule has 0 unspecified atom stereocenters. The maximum Gasteiger partial charge on any atom is 2.00 e. The van der Waals surface area contributed by atoms with Crippen LogP contribution in [0.2, 0.25) is 0 Å². The summed E-state index contributed by atoms with van der Waals surface area (Å²) in [5.41, 5.74) is 0. The minimum absolute atomic E-state index is 0. The molecule has 0 fully saturated rings. The van der Waals surface area contributed by atoms with Gasteiger partial charge in [-0.1, -0.05) is 60.8 Å². The van der Waals surface area contributed by atoms with E-state index < -0.39 is 0 Å². The van der Waals surface area contributed by atoms with Crippen LogP contribution in [0.1, 0.15) is 102 Å². The van der Waals surface area contributed by atoms with Gasteiger partial charge in [-0.25, -0.2) is 0 Å². The van der Waals surface area contributed by atoms with Crippen molar-refractivity contribution in [3.63, 3.8) is 0 Å². The van der Waals surface area contributed by atoms with Crippen molar-refractivity contribution in [2.24, 2.45) is 0 Å². The number of aliphatic hydroxyl groups is 3. The molecular formula is C48H84N12O6Pt3. The van der Waals surface area contributed by atoms with Gasteiger partial charge in [0.05, 0.1) is 17.3 Å². The molecule has 0 radical (unpaired) electrons. The van der Waals surface area contributed by atoms with Crippen LogP contribution in [0, 0.1) is 40.0 Å². The average Bonchev–Trinajstić information content (AvgIpc) is 4.05. The Morgan fingerprint density at radius 1 is 0.333 bits per heavy atom. The van der Waals surface area contributed by atoms with Crippen LogP contribution in [0.5, 0.6) is 0 Å². The van der Waals surface area contributed by atoms with Gasteiger partial charge in [0.1, 0.15) is 0 Å². The van der Waals surface area contributed by atoms with E-state index in [4.69, 9.17) is 15.3 Å². The zero-order valence-electron chi connectivity index (χ0n) is 44.1. The summed E-state index contributed by atoms with van der Waals surface area (Å²) < 4.78 is 0. The molecule has 6 aliphatic rings. The van der Waals surface area contributed by atoms with Gasteiger partial charge >= 0.3 is 63.2 Å². The van der Waals surface area contributed by atoms with Crippen molar-refractivity contribution in [1.82, 2.24) is 59.5 Å². The first-order chi connectivity index (χ1) is 30.9. The summed E-state index contributed by atoms with van der Waals surface area (Å²) in [6.07, 6.45) is 31.2. The Balaban J connectivity index is -0.000000168. The van der Waals surface area contributed by atoms with E-state index in [-0.39, 0.29) is 97.8 Å². The molecule has 18 nitrogen and oxygen atoms in total. The van der Waals surface area contributed by atoms with Gasteiger partial charge in [0.2, 0.25) is 0 Å². The Bertz CT molecular complexity index is 1370. The summed E-state index contributed by atoms with van der Waals surface area (Å²) >= 11 is 0. The van der Waals surface area contributed by atoms with Crippen molar-refractivity contribution in [3.05, 3.63) is 150 Å². The predicted octanol–water partition coefficient (Wildman–Crippen LogP) is 9.08. The van der Waals surface area contributed by atoms with Crippen molar-refractivity contribution in [1.29, 1.82) is 0 Å². The smallest absolute Gasteiger partial charge is 0.512 e. The second-order valence-corrected chi connectivity index (χ2v) is 15.1. The summed E-state index contributed by atoms with van der Waals surface area (Å²) in [7, 11) is 12.0. The number of carbonyl (C=O) groups excluding carboxylic acids is 3. The molecule has 0 aliphatic carbocycles. The second-order valence-electron chi connectivity index (χ2n) is 15.1. The SMILES string of the molecule is CC(=O)C=C(C)O.CC(=O)C=C(C)O.CC(=O)C=C(C)O.CCC.CCC.CCC.CN1C=CN(N2C=CN(C)[CH-]2)[CH-]1.CN1C=CN(N2C=CN(C)[CH-]2)[CH-]1.CN1C=CN(N2C=CN(C)[CH-]2)[CH-]1.[Pt+2].[Pt+2].[Pt+2]. The van der Waals surface area contributed by atoms with Gasteiger partial charge in [-0.15, -0.1) is 40.0 Å². The summed E-state index contributed by atoms with van der Waals surface area (Å²) in [4.78, 5) is 42.1. The quantitative estimate of drug-likeness (QED) is 0.132. The van der Waals surface area contributed by atoms with Crippen LogP contribution in [-0.4, -0.2) is 134 Å². The van der Waals surface area contributed by atoms with E-state index in [0.29, 0.717) is 0 Å². The van der Waals surface area contributed by atoms with Gasteiger partial charge in [-0.05, 0) is 121 Å². The van der Waals surface area contributed by atoms with Crippen LogP contribution < -0.4 is 0 Å². The molecule has 69 heavy (non-hydrogen) atoms. The molecule has 6 rings (SSSR count). The molecule has 3 N–H and O–H groups in total. The van der Waals surface area contributed by atoms with Gasteiger partial charge in [0, 0.05) is 55.4 Å². The van der Waals surface area contributed by atoms with Crippen LogP contribution in [-0.2, 0) is 77.6 Å². The minimum atomic E-state index is -0.125. The molecule has 6 aliphatic heterocycles. The molecule has 0 spiro atoms. The van der Waals surface area contributed by atoms with Crippen molar-refractivity contribution < 1.29 is 92.9 Å². The average molecular weight is 1510 g/mol. The summed E-state index contributed by atoms with van der Waals surface area (Å²) in [6.45, 7) is 33.3. The van der Waals surface area contributed by atoms with Crippen LogP contribution in [0.3, 0.4) is 0 Å².